The van der Waals surface area contributed by atoms with Crippen LogP contribution >= 0.6 is 15.9 Å². The van der Waals surface area contributed by atoms with Gasteiger partial charge in [-0.15, -0.1) is 0 Å². The summed E-state index contributed by atoms with van der Waals surface area (Å²) in [7, 11) is 0. The van der Waals surface area contributed by atoms with Crippen molar-refractivity contribution in [1.29, 1.82) is 0 Å². The molecular formula is C14H17BrN2O. The third-order valence-corrected chi connectivity index (χ3v) is 3.38. The summed E-state index contributed by atoms with van der Waals surface area (Å²) in [6.45, 7) is 3.01. The highest BCUT2D eigenvalue weighted by atomic mass is 79.9. The molecule has 96 valence electrons. The first-order valence-corrected chi connectivity index (χ1v) is 6.93. The summed E-state index contributed by atoms with van der Waals surface area (Å²) in [6.07, 6.45) is 4.75. The maximum Gasteiger partial charge on any atom is 0.137 e. The first-order valence-electron chi connectivity index (χ1n) is 6.14. The molecule has 0 bridgehead atoms. The molecular weight excluding hydrogens is 292 g/mol. The molecule has 1 aromatic carbocycles. The van der Waals surface area contributed by atoms with Gasteiger partial charge < -0.3 is 9.67 Å². The lowest BCUT2D eigenvalue weighted by Crippen LogP contribution is -2.10. The highest BCUT2D eigenvalue weighted by Gasteiger charge is 2.14. The van der Waals surface area contributed by atoms with Gasteiger partial charge >= 0.3 is 0 Å². The summed E-state index contributed by atoms with van der Waals surface area (Å²) < 4.78 is 3.07. The second kappa shape index (κ2) is 6.16. The molecule has 1 atom stereocenters. The fourth-order valence-corrected chi connectivity index (χ4v) is 2.25. The summed E-state index contributed by atoms with van der Waals surface area (Å²) in [6, 6.07) is 8.00. The number of nitrogens with zero attached hydrogens (tertiary/aromatic N) is 2. The molecule has 1 unspecified atom stereocenters. The molecule has 1 heterocycles. The van der Waals surface area contributed by atoms with Crippen molar-refractivity contribution in [2.24, 2.45) is 0 Å². The zero-order valence-electron chi connectivity index (χ0n) is 10.4. The molecule has 0 saturated carbocycles. The largest absolute Gasteiger partial charge is 0.385 e. The smallest absolute Gasteiger partial charge is 0.137 e. The van der Waals surface area contributed by atoms with Crippen molar-refractivity contribution >= 4 is 15.9 Å². The topological polar surface area (TPSA) is 38.0 Å². The van der Waals surface area contributed by atoms with Gasteiger partial charge in [0.1, 0.15) is 11.9 Å². The maximum absolute atomic E-state index is 10.2. The minimum Gasteiger partial charge on any atom is -0.385 e. The number of aliphatic hydroxyl groups is 1. The van der Waals surface area contributed by atoms with Gasteiger partial charge in [-0.25, -0.2) is 4.98 Å². The molecule has 1 N–H and O–H groups in total. The monoisotopic (exact) mass is 308 g/mol. The summed E-state index contributed by atoms with van der Waals surface area (Å²) in [5, 5.41) is 10.2. The van der Waals surface area contributed by atoms with Gasteiger partial charge in [0, 0.05) is 29.8 Å². The predicted molar refractivity (Wildman–Crippen MR) is 75.3 cm³/mol. The van der Waals surface area contributed by atoms with E-state index in [1.807, 2.05) is 35.0 Å². The van der Waals surface area contributed by atoms with Gasteiger partial charge in [-0.05, 0) is 24.1 Å². The number of rotatable bonds is 5. The average molecular weight is 309 g/mol. The molecule has 0 spiro atoms. The molecule has 4 heteroatoms. The van der Waals surface area contributed by atoms with Crippen LogP contribution in [0.5, 0.6) is 0 Å². The van der Waals surface area contributed by atoms with Crippen molar-refractivity contribution in [1.82, 2.24) is 9.55 Å². The van der Waals surface area contributed by atoms with Gasteiger partial charge in [0.15, 0.2) is 0 Å². The summed E-state index contributed by atoms with van der Waals surface area (Å²) in [4.78, 5) is 4.25. The van der Waals surface area contributed by atoms with E-state index in [9.17, 15) is 5.11 Å². The standard InChI is InChI=1S/C14H17BrN2O/c1-2-8-17-9-7-16-14(17)13(18)10-11-3-5-12(15)6-4-11/h3-7,9,13,18H,2,8,10H2,1H3. The van der Waals surface area contributed by atoms with E-state index in [2.05, 4.69) is 27.8 Å². The SMILES string of the molecule is CCCn1ccnc1C(O)Cc1ccc(Br)cc1. The molecule has 0 aliphatic heterocycles. The van der Waals surface area contributed by atoms with Crippen LogP contribution < -0.4 is 0 Å². The van der Waals surface area contributed by atoms with E-state index in [1.165, 1.54) is 0 Å². The van der Waals surface area contributed by atoms with E-state index in [0.717, 1.165) is 28.8 Å². The maximum atomic E-state index is 10.2. The van der Waals surface area contributed by atoms with Crippen LogP contribution in [-0.2, 0) is 13.0 Å². The van der Waals surface area contributed by atoms with E-state index >= 15 is 0 Å². The van der Waals surface area contributed by atoms with Gasteiger partial charge in [-0.3, -0.25) is 0 Å². The van der Waals surface area contributed by atoms with Crippen LogP contribution in [0.25, 0.3) is 0 Å². The van der Waals surface area contributed by atoms with E-state index in [0.29, 0.717) is 6.42 Å². The quantitative estimate of drug-likeness (QED) is 0.920. The third kappa shape index (κ3) is 3.21. The van der Waals surface area contributed by atoms with Crippen molar-refractivity contribution in [3.8, 4) is 0 Å². The summed E-state index contributed by atoms with van der Waals surface area (Å²) in [5.74, 6) is 0.750. The number of aryl methyl sites for hydroxylation is 1. The van der Waals surface area contributed by atoms with Crippen LogP contribution in [0.3, 0.4) is 0 Å². The fourth-order valence-electron chi connectivity index (χ4n) is 1.98. The average Bonchev–Trinajstić information content (AvgIpc) is 2.81. The number of hydrogen-bond acceptors (Lipinski definition) is 2. The lowest BCUT2D eigenvalue weighted by molar-refractivity contribution is 0.163. The third-order valence-electron chi connectivity index (χ3n) is 2.85. The molecule has 0 radical (unpaired) electrons. The number of imidazole rings is 1. The minimum atomic E-state index is -0.548. The molecule has 2 rings (SSSR count). The second-order valence-electron chi connectivity index (χ2n) is 4.33. The van der Waals surface area contributed by atoms with Gasteiger partial charge in [0.05, 0.1) is 0 Å². The number of aliphatic hydroxyl groups excluding tert-OH is 1. The van der Waals surface area contributed by atoms with E-state index in [-0.39, 0.29) is 0 Å². The van der Waals surface area contributed by atoms with Gasteiger partial charge in [-0.2, -0.15) is 0 Å². The van der Waals surface area contributed by atoms with Crippen LogP contribution in [0.1, 0.15) is 30.8 Å². The highest BCUT2D eigenvalue weighted by molar-refractivity contribution is 9.10. The molecule has 3 nitrogen and oxygen atoms in total. The lowest BCUT2D eigenvalue weighted by Gasteiger charge is -2.13. The molecule has 0 amide bonds. The Morgan fingerprint density at radius 1 is 1.33 bits per heavy atom. The molecule has 18 heavy (non-hydrogen) atoms. The number of halogens is 1. The molecule has 0 fully saturated rings. The van der Waals surface area contributed by atoms with E-state index in [4.69, 9.17) is 0 Å². The second-order valence-corrected chi connectivity index (χ2v) is 5.24. The Balaban J connectivity index is 2.09. The first-order chi connectivity index (χ1) is 8.70. The molecule has 0 saturated heterocycles. The van der Waals surface area contributed by atoms with E-state index in [1.54, 1.807) is 6.20 Å². The number of hydrogen-bond donors (Lipinski definition) is 1. The van der Waals surface area contributed by atoms with Crippen molar-refractivity contribution in [3.63, 3.8) is 0 Å². The Kier molecular flexibility index (Phi) is 4.55. The zero-order valence-corrected chi connectivity index (χ0v) is 12.0. The van der Waals surface area contributed by atoms with Crippen LogP contribution in [0.4, 0.5) is 0 Å². The Bertz CT molecular complexity index is 493. The van der Waals surface area contributed by atoms with Crippen molar-refractivity contribution < 1.29 is 5.11 Å². The fraction of sp³-hybridized carbons (Fsp3) is 0.357. The predicted octanol–water partition coefficient (Wildman–Crippen LogP) is 3.33. The number of benzene rings is 1. The summed E-state index contributed by atoms with van der Waals surface area (Å²) >= 11 is 3.40. The van der Waals surface area contributed by atoms with E-state index < -0.39 is 6.10 Å². The molecule has 2 aromatic rings. The molecule has 0 aliphatic carbocycles. The Hall–Kier alpha value is -1.13. The van der Waals surface area contributed by atoms with Crippen LogP contribution in [-0.4, -0.2) is 14.7 Å². The Morgan fingerprint density at radius 2 is 2.06 bits per heavy atom. The molecule has 1 aromatic heterocycles. The minimum absolute atomic E-state index is 0.548. The van der Waals surface area contributed by atoms with Gasteiger partial charge in [0.25, 0.3) is 0 Å². The van der Waals surface area contributed by atoms with Crippen LogP contribution in [0, 0.1) is 0 Å². The Morgan fingerprint density at radius 3 is 2.72 bits per heavy atom. The van der Waals surface area contributed by atoms with Crippen molar-refractivity contribution in [3.05, 3.63) is 52.5 Å². The summed E-state index contributed by atoms with van der Waals surface area (Å²) in [5.41, 5.74) is 1.11. The normalized spacial score (nSPS) is 12.6. The number of aromatic nitrogens is 2. The van der Waals surface area contributed by atoms with Crippen molar-refractivity contribution in [2.45, 2.75) is 32.4 Å². The van der Waals surface area contributed by atoms with Crippen LogP contribution in [0.2, 0.25) is 0 Å². The first kappa shape index (κ1) is 13.3. The van der Waals surface area contributed by atoms with Crippen LogP contribution in [0.15, 0.2) is 41.1 Å². The van der Waals surface area contributed by atoms with Crippen molar-refractivity contribution in [2.75, 3.05) is 0 Å². The lowest BCUT2D eigenvalue weighted by atomic mass is 10.1. The zero-order chi connectivity index (χ0) is 13.0. The highest BCUT2D eigenvalue weighted by Crippen LogP contribution is 2.19. The molecule has 0 aliphatic rings. The Labute approximate surface area is 116 Å². The van der Waals surface area contributed by atoms with Gasteiger partial charge in [0.2, 0.25) is 0 Å². The van der Waals surface area contributed by atoms with Gasteiger partial charge in [-0.1, -0.05) is 35.0 Å².